The van der Waals surface area contributed by atoms with Crippen molar-refractivity contribution >= 4 is 35.6 Å². The van der Waals surface area contributed by atoms with Crippen molar-refractivity contribution in [3.05, 3.63) is 28.8 Å². The predicted molar refractivity (Wildman–Crippen MR) is 90.6 cm³/mol. The van der Waals surface area contributed by atoms with Gasteiger partial charge in [-0.05, 0) is 43.1 Å². The zero-order valence-corrected chi connectivity index (χ0v) is 14.7. The molecule has 1 unspecified atom stereocenters. The minimum atomic E-state index is -4.48. The highest BCUT2D eigenvalue weighted by atomic mass is 35.5. The van der Waals surface area contributed by atoms with Gasteiger partial charge in [-0.25, -0.2) is 0 Å². The number of nitrogens with two attached hydrogens (primary N) is 1. The van der Waals surface area contributed by atoms with E-state index in [2.05, 4.69) is 12.2 Å². The van der Waals surface area contributed by atoms with Gasteiger partial charge in [-0.2, -0.15) is 13.2 Å². The van der Waals surface area contributed by atoms with Crippen LogP contribution in [0.25, 0.3) is 0 Å². The molecule has 3 N–H and O–H groups in total. The highest BCUT2D eigenvalue weighted by Crippen LogP contribution is 2.34. The summed E-state index contributed by atoms with van der Waals surface area (Å²) in [5.74, 6) is -0.396. The van der Waals surface area contributed by atoms with Gasteiger partial charge >= 0.3 is 6.18 Å². The number of amides is 1. The summed E-state index contributed by atoms with van der Waals surface area (Å²) in [4.78, 5) is 14.0. The van der Waals surface area contributed by atoms with Crippen molar-refractivity contribution in [2.75, 3.05) is 31.5 Å². The van der Waals surface area contributed by atoms with Crippen LogP contribution in [0.15, 0.2) is 18.2 Å². The van der Waals surface area contributed by atoms with Gasteiger partial charge in [0.15, 0.2) is 0 Å². The van der Waals surface area contributed by atoms with Gasteiger partial charge in [0.05, 0.1) is 22.8 Å². The van der Waals surface area contributed by atoms with E-state index in [1.807, 2.05) is 4.90 Å². The minimum Gasteiger partial charge on any atom is -0.330 e. The average Bonchev–Trinajstić information content (AvgIpc) is 2.82. The summed E-state index contributed by atoms with van der Waals surface area (Å²) < 4.78 is 38.1. The van der Waals surface area contributed by atoms with E-state index in [4.69, 9.17) is 17.3 Å². The summed E-state index contributed by atoms with van der Waals surface area (Å²) in [7, 11) is 0. The fourth-order valence-electron chi connectivity index (χ4n) is 2.62. The van der Waals surface area contributed by atoms with Crippen molar-refractivity contribution in [1.82, 2.24) is 4.90 Å². The van der Waals surface area contributed by atoms with E-state index in [1.165, 1.54) is 0 Å². The molecule has 1 amide bonds. The van der Waals surface area contributed by atoms with Crippen LogP contribution in [0.5, 0.6) is 0 Å². The molecule has 0 spiro atoms. The standard InChI is InChI=1S/C15H19ClF3N3O.ClH/c1-14(8-20)4-5-22(9-14)7-13(23)21-12-6-10(15(17,18)19)2-3-11(12)16;/h2-3,6H,4-5,7-9,20H2,1H3,(H,21,23);1H. The number of anilines is 1. The Labute approximate surface area is 149 Å². The molecule has 2 rings (SSSR count). The number of carbonyl (C=O) groups excluding carboxylic acids is 1. The zero-order valence-electron chi connectivity index (χ0n) is 13.1. The molecular formula is C15H20Cl2F3N3O. The maximum Gasteiger partial charge on any atom is 0.416 e. The lowest BCUT2D eigenvalue weighted by atomic mass is 9.90. The second kappa shape index (κ2) is 7.91. The van der Waals surface area contributed by atoms with Crippen LogP contribution in [0.1, 0.15) is 18.9 Å². The Balaban J connectivity index is 0.00000288. The number of alkyl halides is 3. The third-order valence-corrected chi connectivity index (χ3v) is 4.39. The van der Waals surface area contributed by atoms with Crippen LogP contribution >= 0.6 is 24.0 Å². The molecule has 0 aliphatic carbocycles. The third kappa shape index (κ3) is 5.24. The van der Waals surface area contributed by atoms with Crippen LogP contribution < -0.4 is 11.1 Å². The highest BCUT2D eigenvalue weighted by molar-refractivity contribution is 6.33. The van der Waals surface area contributed by atoms with Gasteiger partial charge in [0.25, 0.3) is 0 Å². The number of nitrogens with one attached hydrogen (secondary N) is 1. The van der Waals surface area contributed by atoms with Crippen molar-refractivity contribution in [3.63, 3.8) is 0 Å². The molecule has 24 heavy (non-hydrogen) atoms. The van der Waals surface area contributed by atoms with Crippen LogP contribution in [0.3, 0.4) is 0 Å². The molecule has 1 aromatic rings. The zero-order chi connectivity index (χ0) is 17.3. The molecule has 0 aromatic heterocycles. The molecule has 1 atom stereocenters. The van der Waals surface area contributed by atoms with Crippen LogP contribution in [-0.2, 0) is 11.0 Å². The molecule has 1 fully saturated rings. The number of hydrogen-bond donors (Lipinski definition) is 2. The first-order chi connectivity index (χ1) is 10.6. The van der Waals surface area contributed by atoms with Crippen molar-refractivity contribution in [3.8, 4) is 0 Å². The number of likely N-dealkylation sites (tertiary alicyclic amines) is 1. The van der Waals surface area contributed by atoms with Crippen molar-refractivity contribution < 1.29 is 18.0 Å². The summed E-state index contributed by atoms with van der Waals surface area (Å²) in [6, 6.07) is 2.85. The second-order valence-corrected chi connectivity index (χ2v) is 6.62. The van der Waals surface area contributed by atoms with Crippen LogP contribution in [0, 0.1) is 5.41 Å². The molecule has 0 saturated carbocycles. The number of halogens is 5. The van der Waals surface area contributed by atoms with Gasteiger partial charge < -0.3 is 11.1 Å². The third-order valence-electron chi connectivity index (χ3n) is 4.06. The summed E-state index contributed by atoms with van der Waals surface area (Å²) in [5, 5.41) is 2.52. The smallest absolute Gasteiger partial charge is 0.330 e. The molecule has 0 bridgehead atoms. The number of hydrogen-bond acceptors (Lipinski definition) is 3. The lowest BCUT2D eigenvalue weighted by Crippen LogP contribution is -2.35. The Morgan fingerprint density at radius 3 is 2.67 bits per heavy atom. The topological polar surface area (TPSA) is 58.4 Å². The Hall–Kier alpha value is -1.02. The first-order valence-corrected chi connectivity index (χ1v) is 7.60. The summed E-state index contributed by atoms with van der Waals surface area (Å²) in [6.07, 6.45) is -3.59. The van der Waals surface area contributed by atoms with E-state index < -0.39 is 17.6 Å². The molecule has 1 heterocycles. The minimum absolute atomic E-state index is 0. The molecule has 1 saturated heterocycles. The van der Waals surface area contributed by atoms with E-state index in [1.54, 1.807) is 0 Å². The largest absolute Gasteiger partial charge is 0.416 e. The molecule has 1 aromatic carbocycles. The van der Waals surface area contributed by atoms with Crippen LogP contribution in [0.2, 0.25) is 5.02 Å². The first kappa shape index (κ1) is 21.0. The summed E-state index contributed by atoms with van der Waals surface area (Å²) in [6.45, 7) is 4.10. The number of rotatable bonds is 4. The fourth-order valence-corrected chi connectivity index (χ4v) is 2.78. The molecule has 0 radical (unpaired) electrons. The molecule has 1 aliphatic heterocycles. The number of carbonyl (C=O) groups is 1. The van der Waals surface area contributed by atoms with Crippen molar-refractivity contribution in [2.45, 2.75) is 19.5 Å². The Morgan fingerprint density at radius 2 is 2.12 bits per heavy atom. The maximum atomic E-state index is 12.7. The van der Waals surface area contributed by atoms with Gasteiger partial charge in [-0.15, -0.1) is 12.4 Å². The van der Waals surface area contributed by atoms with Gasteiger partial charge in [-0.3, -0.25) is 9.69 Å². The molecule has 136 valence electrons. The highest BCUT2D eigenvalue weighted by Gasteiger charge is 2.33. The first-order valence-electron chi connectivity index (χ1n) is 7.22. The number of benzene rings is 1. The molecular weight excluding hydrogens is 366 g/mol. The van der Waals surface area contributed by atoms with Crippen molar-refractivity contribution in [2.24, 2.45) is 11.1 Å². The van der Waals surface area contributed by atoms with Gasteiger partial charge in [0.2, 0.25) is 5.91 Å². The Bertz CT molecular complexity index is 598. The Kier molecular flexibility index (Phi) is 6.93. The normalized spacial score (nSPS) is 21.4. The maximum absolute atomic E-state index is 12.7. The quantitative estimate of drug-likeness (QED) is 0.834. The number of nitrogens with zero attached hydrogens (tertiary/aromatic N) is 1. The molecule has 4 nitrogen and oxygen atoms in total. The Morgan fingerprint density at radius 1 is 1.46 bits per heavy atom. The molecule has 1 aliphatic rings. The van der Waals surface area contributed by atoms with Crippen LogP contribution in [0.4, 0.5) is 18.9 Å². The lowest BCUT2D eigenvalue weighted by molar-refractivity contribution is -0.137. The average molecular weight is 386 g/mol. The SMILES string of the molecule is CC1(CN)CCN(CC(=O)Nc2cc(C(F)(F)F)ccc2Cl)C1.Cl. The van der Waals surface area contributed by atoms with Gasteiger partial charge in [0.1, 0.15) is 0 Å². The van der Waals surface area contributed by atoms with E-state index >= 15 is 0 Å². The van der Waals surface area contributed by atoms with E-state index in [9.17, 15) is 18.0 Å². The van der Waals surface area contributed by atoms with Crippen LogP contribution in [-0.4, -0.2) is 37.0 Å². The van der Waals surface area contributed by atoms with Crippen molar-refractivity contribution in [1.29, 1.82) is 0 Å². The van der Waals surface area contributed by atoms with E-state index in [-0.39, 0.29) is 35.1 Å². The lowest BCUT2D eigenvalue weighted by Gasteiger charge is -2.22. The van der Waals surface area contributed by atoms with Gasteiger partial charge in [0, 0.05) is 6.54 Å². The predicted octanol–water partition coefficient (Wildman–Crippen LogP) is 3.39. The second-order valence-electron chi connectivity index (χ2n) is 6.22. The van der Waals surface area contributed by atoms with Gasteiger partial charge in [-0.1, -0.05) is 18.5 Å². The molecule has 9 heteroatoms. The monoisotopic (exact) mass is 385 g/mol. The van der Waals surface area contributed by atoms with E-state index in [0.717, 1.165) is 31.2 Å². The summed E-state index contributed by atoms with van der Waals surface area (Å²) >= 11 is 5.86. The fraction of sp³-hybridized carbons (Fsp3) is 0.533. The summed E-state index contributed by atoms with van der Waals surface area (Å²) in [5.41, 5.74) is 4.80. The van der Waals surface area contributed by atoms with E-state index in [0.29, 0.717) is 13.1 Å².